The summed E-state index contributed by atoms with van der Waals surface area (Å²) in [7, 11) is 0. The number of aliphatic carboxylic acids is 1. The largest absolute Gasteiger partial charge is 0.481 e. The van der Waals surface area contributed by atoms with Crippen LogP contribution in [0.2, 0.25) is 5.02 Å². The molecule has 2 atom stereocenters. The normalized spacial score (nSPS) is 12.7. The van der Waals surface area contributed by atoms with E-state index in [-0.39, 0.29) is 30.7 Å². The van der Waals surface area contributed by atoms with E-state index in [0.717, 1.165) is 40.4 Å². The minimum absolute atomic E-state index is 0.0469. The molecule has 4 aromatic rings. The molecular weight excluding hydrogens is 484 g/mol. The lowest BCUT2D eigenvalue weighted by molar-refractivity contribution is -0.136. The van der Waals surface area contributed by atoms with Gasteiger partial charge in [-0.2, -0.15) is 0 Å². The highest BCUT2D eigenvalue weighted by molar-refractivity contribution is 6.30. The fraction of sp³-hybridized carbons (Fsp3) is 0.258. The number of benzene rings is 3. The van der Waals surface area contributed by atoms with Gasteiger partial charge in [0.1, 0.15) is 0 Å². The van der Waals surface area contributed by atoms with Gasteiger partial charge in [0.15, 0.2) is 0 Å². The third-order valence-corrected chi connectivity index (χ3v) is 6.93. The maximum atomic E-state index is 12.5. The maximum absolute atomic E-state index is 12.5. The Kier molecular flexibility index (Phi) is 8.57. The van der Waals surface area contributed by atoms with Crippen LogP contribution in [-0.2, 0) is 4.79 Å². The van der Waals surface area contributed by atoms with E-state index in [1.807, 2.05) is 42.6 Å². The van der Waals surface area contributed by atoms with Gasteiger partial charge in [0.25, 0.3) is 5.91 Å². The predicted molar refractivity (Wildman–Crippen MR) is 148 cm³/mol. The van der Waals surface area contributed by atoms with Gasteiger partial charge in [-0.15, -0.1) is 0 Å². The lowest BCUT2D eigenvalue weighted by atomic mass is 9.75. The molecule has 5 nitrogen and oxygen atoms in total. The fourth-order valence-electron chi connectivity index (χ4n) is 4.85. The van der Waals surface area contributed by atoms with Crippen LogP contribution >= 0.6 is 11.6 Å². The van der Waals surface area contributed by atoms with Gasteiger partial charge in [0.05, 0.1) is 11.9 Å². The van der Waals surface area contributed by atoms with E-state index in [1.165, 1.54) is 5.56 Å². The summed E-state index contributed by atoms with van der Waals surface area (Å²) in [6.45, 7) is 4.35. The number of fused-ring (bicyclic) bond motifs is 1. The van der Waals surface area contributed by atoms with Gasteiger partial charge >= 0.3 is 5.97 Å². The van der Waals surface area contributed by atoms with Crippen LogP contribution in [0.3, 0.4) is 0 Å². The molecule has 0 saturated carbocycles. The van der Waals surface area contributed by atoms with Gasteiger partial charge in [0, 0.05) is 34.6 Å². The first-order chi connectivity index (χ1) is 17.9. The van der Waals surface area contributed by atoms with E-state index in [1.54, 1.807) is 0 Å². The van der Waals surface area contributed by atoms with Crippen molar-refractivity contribution in [2.24, 2.45) is 0 Å². The number of nitrogens with zero attached hydrogens (tertiary/aromatic N) is 1. The molecule has 6 heteroatoms. The maximum Gasteiger partial charge on any atom is 0.305 e. The quantitative estimate of drug-likeness (QED) is 0.236. The number of amides is 1. The first-order valence-corrected chi connectivity index (χ1v) is 12.9. The van der Waals surface area contributed by atoms with Gasteiger partial charge in [-0.05, 0) is 77.9 Å². The zero-order valence-corrected chi connectivity index (χ0v) is 21.8. The van der Waals surface area contributed by atoms with Crippen LogP contribution in [0.15, 0.2) is 79.0 Å². The Morgan fingerprint density at radius 1 is 0.946 bits per heavy atom. The first kappa shape index (κ1) is 26.4. The number of carbonyl (C=O) groups excluding carboxylic acids is 1. The van der Waals surface area contributed by atoms with E-state index < -0.39 is 5.97 Å². The predicted octanol–water partition coefficient (Wildman–Crippen LogP) is 7.12. The summed E-state index contributed by atoms with van der Waals surface area (Å²) in [6, 6.07) is 24.2. The Balaban J connectivity index is 1.71. The molecule has 0 aliphatic carbocycles. The van der Waals surface area contributed by atoms with Crippen LogP contribution in [-0.4, -0.2) is 28.5 Å². The monoisotopic (exact) mass is 514 g/mol. The van der Waals surface area contributed by atoms with Gasteiger partial charge < -0.3 is 10.4 Å². The number of halogens is 1. The summed E-state index contributed by atoms with van der Waals surface area (Å²) in [5.74, 6) is -1.02. The highest BCUT2D eigenvalue weighted by Gasteiger charge is 2.27. The molecular formula is C31H31ClN2O3. The number of aryl methyl sites for hydroxylation is 1. The molecule has 1 unspecified atom stereocenters. The minimum Gasteiger partial charge on any atom is -0.481 e. The summed E-state index contributed by atoms with van der Waals surface area (Å²) in [5, 5.41) is 13.3. The second-order valence-electron chi connectivity index (χ2n) is 9.41. The molecule has 3 aromatic carbocycles. The molecule has 1 aromatic heterocycles. The number of aromatic nitrogens is 1. The van der Waals surface area contributed by atoms with Crippen molar-refractivity contribution in [1.29, 1.82) is 0 Å². The molecule has 0 spiro atoms. The number of pyridine rings is 1. The number of carbonyl (C=O) groups is 2. The fourth-order valence-corrected chi connectivity index (χ4v) is 4.98. The zero-order valence-electron chi connectivity index (χ0n) is 21.1. The van der Waals surface area contributed by atoms with Crippen molar-refractivity contribution in [2.75, 3.05) is 6.54 Å². The Labute approximate surface area is 222 Å². The first-order valence-electron chi connectivity index (χ1n) is 12.6. The second kappa shape index (κ2) is 12.0. The highest BCUT2D eigenvalue weighted by atomic mass is 35.5. The van der Waals surface area contributed by atoms with Crippen LogP contribution in [0.5, 0.6) is 0 Å². The molecule has 190 valence electrons. The molecule has 1 amide bonds. The van der Waals surface area contributed by atoms with Crippen LogP contribution in [0.4, 0.5) is 0 Å². The highest BCUT2D eigenvalue weighted by Crippen LogP contribution is 2.42. The standard InChI is InChI=1S/C31H31ClN2O3/c1-3-4-27(21-7-9-23(10-8-21)31(37)33-16-15-29(35)36)30(22-11-13-26(32)14-12-22)25-18-24-6-5-20(2)17-28(24)34-19-25/h5-14,17-19,27,30H,3-4,15-16H2,1-2H3,(H,33,37)(H,35,36)/t27-,30?/m1/s1. The molecule has 0 fully saturated rings. The lowest BCUT2D eigenvalue weighted by Crippen LogP contribution is -2.26. The summed E-state index contributed by atoms with van der Waals surface area (Å²) in [4.78, 5) is 28.0. The third kappa shape index (κ3) is 6.55. The summed E-state index contributed by atoms with van der Waals surface area (Å²) in [6.07, 6.45) is 3.81. The number of nitrogens with one attached hydrogen (secondary N) is 1. The van der Waals surface area contributed by atoms with E-state index in [9.17, 15) is 9.59 Å². The molecule has 2 N–H and O–H groups in total. The Bertz CT molecular complexity index is 1380. The van der Waals surface area contributed by atoms with E-state index >= 15 is 0 Å². The van der Waals surface area contributed by atoms with Crippen molar-refractivity contribution in [3.05, 3.63) is 112 Å². The topological polar surface area (TPSA) is 79.3 Å². The average Bonchev–Trinajstić information content (AvgIpc) is 2.89. The minimum atomic E-state index is -0.940. The lowest BCUT2D eigenvalue weighted by Gasteiger charge is -2.29. The molecule has 0 aliphatic heterocycles. The molecule has 0 aliphatic rings. The van der Waals surface area contributed by atoms with Crippen molar-refractivity contribution >= 4 is 34.4 Å². The van der Waals surface area contributed by atoms with Gasteiger partial charge in [-0.3, -0.25) is 14.6 Å². The third-order valence-electron chi connectivity index (χ3n) is 6.68. The van der Waals surface area contributed by atoms with E-state index in [0.29, 0.717) is 10.6 Å². The molecule has 37 heavy (non-hydrogen) atoms. The van der Waals surface area contributed by atoms with E-state index in [2.05, 4.69) is 55.6 Å². The summed E-state index contributed by atoms with van der Waals surface area (Å²) < 4.78 is 0. The van der Waals surface area contributed by atoms with Crippen molar-refractivity contribution in [3.8, 4) is 0 Å². The van der Waals surface area contributed by atoms with Crippen LogP contribution in [0.1, 0.15) is 70.6 Å². The number of carboxylic acids is 1. The van der Waals surface area contributed by atoms with Crippen molar-refractivity contribution < 1.29 is 14.7 Å². The van der Waals surface area contributed by atoms with Gasteiger partial charge in [-0.1, -0.05) is 61.3 Å². The van der Waals surface area contributed by atoms with Crippen LogP contribution in [0.25, 0.3) is 10.9 Å². The molecule has 0 radical (unpaired) electrons. The van der Waals surface area contributed by atoms with Crippen molar-refractivity contribution in [1.82, 2.24) is 10.3 Å². The molecule has 1 heterocycles. The Hall–Kier alpha value is -3.70. The number of hydrogen-bond acceptors (Lipinski definition) is 3. The average molecular weight is 515 g/mol. The smallest absolute Gasteiger partial charge is 0.305 e. The summed E-state index contributed by atoms with van der Waals surface area (Å²) in [5.41, 5.74) is 6.09. The zero-order chi connectivity index (χ0) is 26.4. The second-order valence-corrected chi connectivity index (χ2v) is 9.85. The Morgan fingerprint density at radius 3 is 2.32 bits per heavy atom. The molecule has 0 bridgehead atoms. The SMILES string of the molecule is CCC[C@H](c1ccc(C(=O)NCCC(=O)O)cc1)C(c1ccc(Cl)cc1)c1cnc2cc(C)ccc2c1. The van der Waals surface area contributed by atoms with Crippen LogP contribution < -0.4 is 5.32 Å². The van der Waals surface area contributed by atoms with Crippen molar-refractivity contribution in [3.63, 3.8) is 0 Å². The van der Waals surface area contributed by atoms with E-state index in [4.69, 9.17) is 21.7 Å². The Morgan fingerprint density at radius 2 is 1.65 bits per heavy atom. The number of carboxylic acid groups (broad SMARTS) is 1. The molecule has 0 saturated heterocycles. The van der Waals surface area contributed by atoms with Gasteiger partial charge in [-0.25, -0.2) is 0 Å². The molecule has 4 rings (SSSR count). The van der Waals surface area contributed by atoms with Gasteiger partial charge in [0.2, 0.25) is 0 Å². The summed E-state index contributed by atoms with van der Waals surface area (Å²) >= 11 is 6.23. The number of rotatable bonds is 10. The van der Waals surface area contributed by atoms with Crippen molar-refractivity contribution in [2.45, 2.75) is 44.9 Å². The van der Waals surface area contributed by atoms with Crippen LogP contribution in [0, 0.1) is 6.92 Å². The number of hydrogen-bond donors (Lipinski definition) is 2.